The molecule has 36 heavy (non-hydrogen) atoms. The van der Waals surface area contributed by atoms with E-state index in [0.29, 0.717) is 39.1 Å². The maximum absolute atomic E-state index is 12.4. The summed E-state index contributed by atoms with van der Waals surface area (Å²) in [5.74, 6) is 0.996. The van der Waals surface area contributed by atoms with E-state index in [1.807, 2.05) is 6.92 Å². The van der Waals surface area contributed by atoms with Gasteiger partial charge in [-0.1, -0.05) is 17.7 Å². The molecular formula is C27H23ClN2O6. The molecule has 0 bridgehead atoms. The summed E-state index contributed by atoms with van der Waals surface area (Å²) in [6, 6.07) is 17.4. The molecule has 9 heteroatoms. The Bertz CT molecular complexity index is 1400. The zero-order valence-electron chi connectivity index (χ0n) is 19.8. The summed E-state index contributed by atoms with van der Waals surface area (Å²) in [7, 11) is 3.10. The van der Waals surface area contributed by atoms with Crippen LogP contribution in [0.25, 0.3) is 0 Å². The molecule has 184 valence electrons. The number of ether oxygens (including phenoxy) is 5. The molecule has 4 rings (SSSR count). The van der Waals surface area contributed by atoms with Crippen LogP contribution in [0.4, 0.5) is 0 Å². The number of methoxy groups -OCH3 is 2. The summed E-state index contributed by atoms with van der Waals surface area (Å²) in [5.41, 5.74) is 8.50. The largest absolute Gasteiger partial charge is 0.497 e. The highest BCUT2D eigenvalue weighted by Crippen LogP contribution is 2.46. The third kappa shape index (κ3) is 5.02. The number of carbonyl (C=O) groups is 1. The van der Waals surface area contributed by atoms with Gasteiger partial charge in [0.1, 0.15) is 40.4 Å². The van der Waals surface area contributed by atoms with E-state index in [0.717, 1.165) is 5.56 Å². The van der Waals surface area contributed by atoms with Gasteiger partial charge in [-0.15, -0.1) is 0 Å². The number of benzene rings is 3. The first-order chi connectivity index (χ1) is 17.3. The fourth-order valence-electron chi connectivity index (χ4n) is 3.89. The molecule has 0 spiro atoms. The van der Waals surface area contributed by atoms with Crippen LogP contribution in [0.5, 0.6) is 28.7 Å². The Labute approximate surface area is 213 Å². The van der Waals surface area contributed by atoms with E-state index in [9.17, 15) is 10.1 Å². The molecule has 0 radical (unpaired) electrons. The summed E-state index contributed by atoms with van der Waals surface area (Å²) in [5, 5.41) is 10.4. The highest BCUT2D eigenvalue weighted by molar-refractivity contribution is 6.31. The van der Waals surface area contributed by atoms with Crippen LogP contribution in [0, 0.1) is 18.3 Å². The predicted octanol–water partition coefficient (Wildman–Crippen LogP) is 4.87. The highest BCUT2D eigenvalue weighted by Gasteiger charge is 2.33. The van der Waals surface area contributed by atoms with Crippen LogP contribution in [0.1, 0.15) is 22.6 Å². The molecule has 0 amide bonds. The fraction of sp³-hybridized carbons (Fsp3) is 0.185. The number of hydrogen-bond donors (Lipinski definition) is 1. The van der Waals surface area contributed by atoms with Gasteiger partial charge < -0.3 is 29.4 Å². The van der Waals surface area contributed by atoms with Crippen molar-refractivity contribution in [2.75, 3.05) is 20.8 Å². The smallest absolute Gasteiger partial charge is 0.349 e. The van der Waals surface area contributed by atoms with Crippen molar-refractivity contribution in [1.82, 2.24) is 0 Å². The van der Waals surface area contributed by atoms with Gasteiger partial charge in [-0.2, -0.15) is 5.26 Å². The fourth-order valence-corrected chi connectivity index (χ4v) is 4.01. The van der Waals surface area contributed by atoms with E-state index >= 15 is 0 Å². The molecule has 1 aliphatic heterocycles. The molecular weight excluding hydrogens is 484 g/mol. The summed E-state index contributed by atoms with van der Waals surface area (Å²) in [6.07, 6.45) is 0. The van der Waals surface area contributed by atoms with Crippen LogP contribution in [0.3, 0.4) is 0 Å². The van der Waals surface area contributed by atoms with Crippen molar-refractivity contribution in [2.24, 2.45) is 5.73 Å². The molecule has 2 N–H and O–H groups in total. The number of fused-ring (bicyclic) bond motifs is 1. The van der Waals surface area contributed by atoms with Crippen molar-refractivity contribution < 1.29 is 28.5 Å². The lowest BCUT2D eigenvalue weighted by Gasteiger charge is -2.28. The molecule has 1 heterocycles. The number of nitriles is 1. The Balaban J connectivity index is 1.59. The first-order valence-electron chi connectivity index (χ1n) is 10.9. The summed E-state index contributed by atoms with van der Waals surface area (Å²) < 4.78 is 27.6. The van der Waals surface area contributed by atoms with Crippen LogP contribution in [0.2, 0.25) is 5.02 Å². The Morgan fingerprint density at radius 1 is 1.03 bits per heavy atom. The van der Waals surface area contributed by atoms with Crippen LogP contribution in [0.15, 0.2) is 66.1 Å². The second kappa shape index (κ2) is 10.5. The number of nitrogens with two attached hydrogens (primary N) is 1. The van der Waals surface area contributed by atoms with Crippen molar-refractivity contribution in [2.45, 2.75) is 12.8 Å². The normalized spacial score (nSPS) is 14.2. The molecule has 1 unspecified atom stereocenters. The summed E-state index contributed by atoms with van der Waals surface area (Å²) in [6.45, 7) is 1.54. The zero-order valence-corrected chi connectivity index (χ0v) is 20.6. The second-order valence-corrected chi connectivity index (χ2v) is 8.31. The van der Waals surface area contributed by atoms with Gasteiger partial charge in [-0.05, 0) is 55.0 Å². The Morgan fingerprint density at radius 3 is 2.47 bits per heavy atom. The lowest BCUT2D eigenvalue weighted by molar-refractivity contribution is -0.136. The van der Waals surface area contributed by atoms with Crippen LogP contribution in [-0.2, 0) is 4.79 Å². The van der Waals surface area contributed by atoms with Gasteiger partial charge in [0.05, 0.1) is 20.1 Å². The topological polar surface area (TPSA) is 113 Å². The number of aryl methyl sites for hydroxylation is 1. The van der Waals surface area contributed by atoms with Gasteiger partial charge in [0.25, 0.3) is 0 Å². The molecule has 0 saturated heterocycles. The van der Waals surface area contributed by atoms with Crippen LogP contribution < -0.4 is 29.4 Å². The third-order valence-corrected chi connectivity index (χ3v) is 6.08. The van der Waals surface area contributed by atoms with Gasteiger partial charge in [0.2, 0.25) is 5.88 Å². The average molecular weight is 507 g/mol. The van der Waals surface area contributed by atoms with Crippen LogP contribution in [-0.4, -0.2) is 26.8 Å². The summed E-state index contributed by atoms with van der Waals surface area (Å²) >= 11 is 6.02. The number of rotatable bonds is 7. The molecule has 0 fully saturated rings. The van der Waals surface area contributed by atoms with Crippen molar-refractivity contribution in [3.05, 3.63) is 87.8 Å². The van der Waals surface area contributed by atoms with Crippen LogP contribution >= 0.6 is 11.6 Å². The Kier molecular flexibility index (Phi) is 7.23. The quantitative estimate of drug-likeness (QED) is 0.357. The van der Waals surface area contributed by atoms with Gasteiger partial charge in [0.15, 0.2) is 6.61 Å². The van der Waals surface area contributed by atoms with Crippen molar-refractivity contribution in [3.8, 4) is 34.8 Å². The number of esters is 1. The number of halogens is 1. The summed E-state index contributed by atoms with van der Waals surface area (Å²) in [4.78, 5) is 12.4. The maximum Gasteiger partial charge on any atom is 0.349 e. The van der Waals surface area contributed by atoms with E-state index in [4.69, 9.17) is 41.0 Å². The first-order valence-corrected chi connectivity index (χ1v) is 11.3. The minimum absolute atomic E-state index is 0.0511. The SMILES string of the molecule is COc1ccc(OC)c(C2C(C#N)=C(N)Oc3cc(OC(=O)COc4ccc(Cl)c(C)c4)ccc32)c1. The lowest BCUT2D eigenvalue weighted by atomic mass is 9.83. The first kappa shape index (κ1) is 24.8. The van der Waals surface area contributed by atoms with Gasteiger partial charge in [0, 0.05) is 22.2 Å². The third-order valence-electron chi connectivity index (χ3n) is 5.66. The molecule has 3 aromatic carbocycles. The molecule has 3 aromatic rings. The predicted molar refractivity (Wildman–Crippen MR) is 133 cm³/mol. The molecule has 1 atom stereocenters. The van der Waals surface area contributed by atoms with E-state index in [1.165, 1.54) is 0 Å². The standard InChI is InChI=1S/C27H23ClN2O6/c1-15-10-17(5-8-22(15)28)34-14-25(31)35-18-4-7-19-24(12-18)36-27(30)21(13-29)26(19)20-11-16(32-2)6-9-23(20)33-3/h4-12,26H,14,30H2,1-3H3. The van der Waals surface area contributed by atoms with E-state index < -0.39 is 11.9 Å². The second-order valence-electron chi connectivity index (χ2n) is 7.91. The molecule has 8 nitrogen and oxygen atoms in total. The van der Waals surface area contributed by atoms with Crippen molar-refractivity contribution >= 4 is 17.6 Å². The minimum Gasteiger partial charge on any atom is -0.497 e. The lowest BCUT2D eigenvalue weighted by Crippen LogP contribution is -2.22. The minimum atomic E-state index is -0.606. The van der Waals surface area contributed by atoms with Crippen molar-refractivity contribution in [1.29, 1.82) is 5.26 Å². The number of nitrogens with zero attached hydrogens (tertiary/aromatic N) is 1. The zero-order chi connectivity index (χ0) is 25.8. The van der Waals surface area contributed by atoms with E-state index in [1.54, 1.807) is 68.8 Å². The number of hydrogen-bond acceptors (Lipinski definition) is 8. The molecule has 0 saturated carbocycles. The van der Waals surface area contributed by atoms with Gasteiger partial charge >= 0.3 is 5.97 Å². The number of carbonyl (C=O) groups excluding carboxylic acids is 1. The van der Waals surface area contributed by atoms with Crippen molar-refractivity contribution in [3.63, 3.8) is 0 Å². The van der Waals surface area contributed by atoms with Gasteiger partial charge in [-0.3, -0.25) is 0 Å². The average Bonchev–Trinajstić information content (AvgIpc) is 2.88. The molecule has 0 aromatic heterocycles. The van der Waals surface area contributed by atoms with E-state index in [-0.39, 0.29) is 23.8 Å². The molecule has 1 aliphatic rings. The Morgan fingerprint density at radius 2 is 1.78 bits per heavy atom. The van der Waals surface area contributed by atoms with Gasteiger partial charge in [-0.25, -0.2) is 4.79 Å². The number of allylic oxidation sites excluding steroid dienone is 1. The molecule has 0 aliphatic carbocycles. The highest BCUT2D eigenvalue weighted by atomic mass is 35.5. The Hall–Kier alpha value is -4.35. The maximum atomic E-state index is 12.4. The monoisotopic (exact) mass is 506 g/mol. The van der Waals surface area contributed by atoms with E-state index in [2.05, 4.69) is 6.07 Å².